The van der Waals surface area contributed by atoms with Crippen molar-refractivity contribution in [1.29, 1.82) is 0 Å². The van der Waals surface area contributed by atoms with Crippen LogP contribution >= 0.6 is 0 Å². The maximum absolute atomic E-state index is 6.14. The van der Waals surface area contributed by atoms with Crippen molar-refractivity contribution in [1.82, 2.24) is 0 Å². The molecule has 0 N–H and O–H groups in total. The number of allylic oxidation sites excluding steroid dienone is 1. The average molecular weight is 315 g/mol. The fourth-order valence-corrected chi connectivity index (χ4v) is 3.66. The van der Waals surface area contributed by atoms with E-state index in [4.69, 9.17) is 4.74 Å². The molecule has 1 heteroatoms. The van der Waals surface area contributed by atoms with E-state index in [0.717, 1.165) is 18.3 Å². The van der Waals surface area contributed by atoms with Gasteiger partial charge in [0.05, 0.1) is 0 Å². The van der Waals surface area contributed by atoms with Crippen LogP contribution in [0, 0.1) is 12.8 Å². The van der Waals surface area contributed by atoms with E-state index in [1.54, 1.807) is 5.57 Å². The predicted octanol–water partition coefficient (Wildman–Crippen LogP) is 6.80. The molecule has 0 radical (unpaired) electrons. The second-order valence-electron chi connectivity index (χ2n) is 7.37. The number of unbranched alkanes of at least 4 members (excludes halogenated alkanes) is 2. The Balaban J connectivity index is 1.94. The zero-order chi connectivity index (χ0) is 16.7. The fourth-order valence-electron chi connectivity index (χ4n) is 3.66. The molecular formula is C22H34O. The third-order valence-corrected chi connectivity index (χ3v) is 5.07. The van der Waals surface area contributed by atoms with Gasteiger partial charge >= 0.3 is 0 Å². The van der Waals surface area contributed by atoms with E-state index >= 15 is 0 Å². The molecular weight excluding hydrogens is 280 g/mol. The Morgan fingerprint density at radius 1 is 1.26 bits per heavy atom. The van der Waals surface area contributed by atoms with E-state index in [2.05, 4.69) is 52.0 Å². The Bertz CT molecular complexity index is 513. The van der Waals surface area contributed by atoms with Gasteiger partial charge in [-0.1, -0.05) is 57.7 Å². The third-order valence-electron chi connectivity index (χ3n) is 5.07. The van der Waals surface area contributed by atoms with Crippen LogP contribution in [0.4, 0.5) is 0 Å². The van der Waals surface area contributed by atoms with Gasteiger partial charge in [0.1, 0.15) is 12.4 Å². The summed E-state index contributed by atoms with van der Waals surface area (Å²) in [4.78, 5) is 0. The van der Waals surface area contributed by atoms with Gasteiger partial charge in [-0.05, 0) is 67.7 Å². The van der Waals surface area contributed by atoms with Crippen LogP contribution < -0.4 is 4.74 Å². The van der Waals surface area contributed by atoms with Gasteiger partial charge in [0, 0.05) is 0 Å². The topological polar surface area (TPSA) is 9.23 Å². The van der Waals surface area contributed by atoms with E-state index < -0.39 is 0 Å². The standard InChI is InChI=1S/C22H34O/c1-5-6-7-9-19-10-8-11-20(19)14-15-23-22-16-18(4)12-13-21(22)17(2)3/h12-14,16-17,19H,5-11,15H2,1-4H3. The minimum atomic E-state index is 0.506. The van der Waals surface area contributed by atoms with Gasteiger partial charge in [0.25, 0.3) is 0 Å². The molecule has 2 rings (SSSR count). The summed E-state index contributed by atoms with van der Waals surface area (Å²) in [7, 11) is 0. The highest BCUT2D eigenvalue weighted by atomic mass is 16.5. The van der Waals surface area contributed by atoms with E-state index in [1.165, 1.54) is 56.1 Å². The van der Waals surface area contributed by atoms with Crippen LogP contribution in [0.1, 0.15) is 82.8 Å². The van der Waals surface area contributed by atoms with Crippen molar-refractivity contribution in [3.63, 3.8) is 0 Å². The first kappa shape index (κ1) is 18.1. The lowest BCUT2D eigenvalue weighted by Crippen LogP contribution is -2.03. The van der Waals surface area contributed by atoms with Crippen molar-refractivity contribution < 1.29 is 4.74 Å². The number of hydrogen-bond acceptors (Lipinski definition) is 1. The van der Waals surface area contributed by atoms with Gasteiger partial charge in [0.15, 0.2) is 0 Å². The molecule has 1 aliphatic rings. The van der Waals surface area contributed by atoms with Gasteiger partial charge in [0.2, 0.25) is 0 Å². The van der Waals surface area contributed by atoms with Crippen molar-refractivity contribution in [3.05, 3.63) is 41.0 Å². The Morgan fingerprint density at radius 3 is 2.83 bits per heavy atom. The summed E-state index contributed by atoms with van der Waals surface area (Å²) in [6.45, 7) is 9.61. The van der Waals surface area contributed by atoms with E-state index in [1.807, 2.05) is 0 Å². The van der Waals surface area contributed by atoms with Crippen LogP contribution in [0.2, 0.25) is 0 Å². The molecule has 0 aromatic heterocycles. The monoisotopic (exact) mass is 314 g/mol. The molecule has 1 aromatic rings. The summed E-state index contributed by atoms with van der Waals surface area (Å²) in [6, 6.07) is 6.58. The van der Waals surface area contributed by atoms with Gasteiger partial charge in [-0.3, -0.25) is 0 Å². The molecule has 0 amide bonds. The van der Waals surface area contributed by atoms with Crippen LogP contribution in [-0.2, 0) is 0 Å². The van der Waals surface area contributed by atoms with Gasteiger partial charge < -0.3 is 4.74 Å². The Labute approximate surface area is 143 Å². The molecule has 0 heterocycles. The number of ether oxygens (including phenoxy) is 1. The highest BCUT2D eigenvalue weighted by Crippen LogP contribution is 2.35. The molecule has 1 aliphatic carbocycles. The molecule has 0 aliphatic heterocycles. The van der Waals surface area contributed by atoms with E-state index in [9.17, 15) is 0 Å². The van der Waals surface area contributed by atoms with Gasteiger partial charge in [-0.2, -0.15) is 0 Å². The lowest BCUT2D eigenvalue weighted by Gasteiger charge is -2.15. The molecule has 1 unspecified atom stereocenters. The zero-order valence-electron chi connectivity index (χ0n) is 15.5. The van der Waals surface area contributed by atoms with Crippen molar-refractivity contribution >= 4 is 0 Å². The summed E-state index contributed by atoms with van der Waals surface area (Å²) in [5.41, 5.74) is 4.25. The third kappa shape index (κ3) is 5.41. The second kappa shape index (κ2) is 9.15. The fraction of sp³-hybridized carbons (Fsp3) is 0.636. The van der Waals surface area contributed by atoms with Gasteiger partial charge in [-0.25, -0.2) is 0 Å². The largest absolute Gasteiger partial charge is 0.489 e. The van der Waals surface area contributed by atoms with Crippen LogP contribution in [0.25, 0.3) is 0 Å². The molecule has 1 fully saturated rings. The first-order valence-corrected chi connectivity index (χ1v) is 9.54. The van der Waals surface area contributed by atoms with Gasteiger partial charge in [-0.15, -0.1) is 0 Å². The molecule has 1 aromatic carbocycles. The maximum Gasteiger partial charge on any atom is 0.123 e. The lowest BCUT2D eigenvalue weighted by molar-refractivity contribution is 0.354. The summed E-state index contributed by atoms with van der Waals surface area (Å²) < 4.78 is 6.14. The summed E-state index contributed by atoms with van der Waals surface area (Å²) in [6.07, 6.45) is 11.9. The Morgan fingerprint density at radius 2 is 2.09 bits per heavy atom. The minimum absolute atomic E-state index is 0.506. The summed E-state index contributed by atoms with van der Waals surface area (Å²) in [5, 5.41) is 0. The van der Waals surface area contributed by atoms with Crippen molar-refractivity contribution in [2.75, 3.05) is 6.61 Å². The smallest absolute Gasteiger partial charge is 0.123 e. The normalized spacial score (nSPS) is 19.7. The molecule has 128 valence electrons. The lowest BCUT2D eigenvalue weighted by atomic mass is 9.95. The van der Waals surface area contributed by atoms with Crippen molar-refractivity contribution in [2.45, 2.75) is 78.6 Å². The zero-order valence-corrected chi connectivity index (χ0v) is 15.5. The average Bonchev–Trinajstić information content (AvgIpc) is 2.95. The SMILES string of the molecule is CCCCCC1CCCC1=CCOc1cc(C)ccc1C(C)C. The molecule has 1 saturated carbocycles. The summed E-state index contributed by atoms with van der Waals surface area (Å²) in [5.74, 6) is 2.40. The van der Waals surface area contributed by atoms with Crippen molar-refractivity contribution in [2.24, 2.45) is 5.92 Å². The highest BCUT2D eigenvalue weighted by Gasteiger charge is 2.20. The predicted molar refractivity (Wildman–Crippen MR) is 100 cm³/mol. The number of hydrogen-bond donors (Lipinski definition) is 0. The van der Waals surface area contributed by atoms with E-state index in [-0.39, 0.29) is 0 Å². The van der Waals surface area contributed by atoms with Crippen LogP contribution in [0.3, 0.4) is 0 Å². The summed E-state index contributed by atoms with van der Waals surface area (Å²) >= 11 is 0. The molecule has 23 heavy (non-hydrogen) atoms. The maximum atomic E-state index is 6.14. The molecule has 0 saturated heterocycles. The second-order valence-corrected chi connectivity index (χ2v) is 7.37. The first-order chi connectivity index (χ1) is 11.1. The number of benzene rings is 1. The quantitative estimate of drug-likeness (QED) is 0.378. The van der Waals surface area contributed by atoms with Crippen molar-refractivity contribution in [3.8, 4) is 5.75 Å². The van der Waals surface area contributed by atoms with Crippen LogP contribution in [-0.4, -0.2) is 6.61 Å². The minimum Gasteiger partial charge on any atom is -0.489 e. The molecule has 1 nitrogen and oxygen atoms in total. The Hall–Kier alpha value is -1.24. The molecule has 0 spiro atoms. The van der Waals surface area contributed by atoms with E-state index in [0.29, 0.717) is 5.92 Å². The number of aryl methyl sites for hydroxylation is 1. The highest BCUT2D eigenvalue weighted by molar-refractivity contribution is 5.39. The van der Waals surface area contributed by atoms with Crippen LogP contribution in [0.15, 0.2) is 29.8 Å². The molecule has 1 atom stereocenters. The number of rotatable bonds is 8. The Kier molecular flexibility index (Phi) is 7.20. The van der Waals surface area contributed by atoms with Crippen LogP contribution in [0.5, 0.6) is 5.75 Å². The first-order valence-electron chi connectivity index (χ1n) is 9.54. The molecule has 0 bridgehead atoms.